The monoisotopic (exact) mass is 188 g/mol. The Labute approximate surface area is 77.5 Å². The van der Waals surface area contributed by atoms with Gasteiger partial charge in [0.2, 0.25) is 0 Å². The van der Waals surface area contributed by atoms with Gasteiger partial charge in [0.05, 0.1) is 13.2 Å². The Hall–Kier alpha value is -0.610. The van der Waals surface area contributed by atoms with Crippen LogP contribution in [0.1, 0.15) is 26.2 Å². The van der Waals surface area contributed by atoms with Gasteiger partial charge in [-0.15, -0.1) is 0 Å². The van der Waals surface area contributed by atoms with Gasteiger partial charge in [0.15, 0.2) is 5.60 Å². The molecule has 1 rings (SSSR count). The van der Waals surface area contributed by atoms with Gasteiger partial charge in [0.25, 0.3) is 0 Å². The average Bonchev–Trinajstić information content (AvgIpc) is 2.45. The van der Waals surface area contributed by atoms with E-state index in [0.29, 0.717) is 6.42 Å². The van der Waals surface area contributed by atoms with Crippen LogP contribution >= 0.6 is 0 Å². The summed E-state index contributed by atoms with van der Waals surface area (Å²) >= 11 is 0. The number of aliphatic carboxylic acids is 1. The molecule has 13 heavy (non-hydrogen) atoms. The van der Waals surface area contributed by atoms with Crippen LogP contribution in [0.3, 0.4) is 0 Å². The largest absolute Gasteiger partial charge is 0.479 e. The molecular formula is C9H16O4. The minimum Gasteiger partial charge on any atom is -0.479 e. The number of carboxylic acid groups (broad SMARTS) is 1. The molecule has 0 saturated heterocycles. The van der Waals surface area contributed by atoms with Crippen LogP contribution in [-0.2, 0) is 9.53 Å². The van der Waals surface area contributed by atoms with Gasteiger partial charge in [-0.1, -0.05) is 6.92 Å². The van der Waals surface area contributed by atoms with E-state index in [9.17, 15) is 4.79 Å². The van der Waals surface area contributed by atoms with Crippen LogP contribution in [0.2, 0.25) is 0 Å². The number of carboxylic acids is 1. The number of hydrogen-bond acceptors (Lipinski definition) is 3. The molecule has 2 unspecified atom stereocenters. The fraction of sp³-hybridized carbons (Fsp3) is 0.889. The number of rotatable bonds is 4. The molecule has 2 N–H and O–H groups in total. The summed E-state index contributed by atoms with van der Waals surface area (Å²) in [4.78, 5) is 11.0. The Balaban J connectivity index is 2.68. The number of ether oxygens (including phenoxy) is 1. The zero-order valence-corrected chi connectivity index (χ0v) is 7.82. The third-order valence-electron chi connectivity index (χ3n) is 2.79. The first kappa shape index (κ1) is 10.5. The Morgan fingerprint density at radius 2 is 2.38 bits per heavy atom. The number of aliphatic hydroxyl groups excluding tert-OH is 1. The van der Waals surface area contributed by atoms with Gasteiger partial charge >= 0.3 is 5.97 Å². The van der Waals surface area contributed by atoms with Gasteiger partial charge in [0.1, 0.15) is 0 Å². The first-order chi connectivity index (χ1) is 6.13. The minimum atomic E-state index is -1.04. The topological polar surface area (TPSA) is 66.8 Å². The summed E-state index contributed by atoms with van der Waals surface area (Å²) in [5, 5.41) is 17.6. The third-order valence-corrected chi connectivity index (χ3v) is 2.79. The summed E-state index contributed by atoms with van der Waals surface area (Å²) in [6.07, 6.45) is 2.33. The maximum Gasteiger partial charge on any atom is 0.336 e. The summed E-state index contributed by atoms with van der Waals surface area (Å²) in [7, 11) is 0. The maximum absolute atomic E-state index is 11.0. The average molecular weight is 188 g/mol. The van der Waals surface area contributed by atoms with E-state index >= 15 is 0 Å². The van der Waals surface area contributed by atoms with E-state index in [-0.39, 0.29) is 19.1 Å². The summed E-state index contributed by atoms with van der Waals surface area (Å²) in [5.74, 6) is -0.859. The lowest BCUT2D eigenvalue weighted by molar-refractivity contribution is -0.172. The van der Waals surface area contributed by atoms with E-state index in [0.717, 1.165) is 12.8 Å². The Bertz CT molecular complexity index is 192. The predicted octanol–water partition coefficient (Wildman–Crippen LogP) is 0.639. The second-order valence-electron chi connectivity index (χ2n) is 3.56. The van der Waals surface area contributed by atoms with E-state index in [1.165, 1.54) is 0 Å². The molecule has 4 nitrogen and oxygen atoms in total. The molecule has 0 aromatic rings. The lowest BCUT2D eigenvalue weighted by atomic mass is 9.92. The number of hydrogen-bond donors (Lipinski definition) is 2. The third kappa shape index (κ3) is 1.84. The van der Waals surface area contributed by atoms with Crippen LogP contribution < -0.4 is 0 Å². The molecule has 0 amide bonds. The highest BCUT2D eigenvalue weighted by molar-refractivity contribution is 5.78. The van der Waals surface area contributed by atoms with Crippen LogP contribution in [0.15, 0.2) is 0 Å². The highest BCUT2D eigenvalue weighted by atomic mass is 16.5. The molecule has 0 radical (unpaired) electrons. The van der Waals surface area contributed by atoms with Crippen LogP contribution in [0.5, 0.6) is 0 Å². The normalized spacial score (nSPS) is 33.5. The molecule has 76 valence electrons. The Morgan fingerprint density at radius 1 is 1.69 bits per heavy atom. The summed E-state index contributed by atoms with van der Waals surface area (Å²) in [6.45, 7) is 1.87. The summed E-state index contributed by atoms with van der Waals surface area (Å²) in [5.41, 5.74) is -1.04. The lowest BCUT2D eigenvalue weighted by Crippen LogP contribution is -2.44. The van der Waals surface area contributed by atoms with Crippen molar-refractivity contribution < 1.29 is 19.7 Å². The number of aliphatic hydroxyl groups is 1. The van der Waals surface area contributed by atoms with Crippen molar-refractivity contribution in [3.8, 4) is 0 Å². The molecule has 0 aliphatic heterocycles. The van der Waals surface area contributed by atoms with E-state index in [1.807, 2.05) is 6.92 Å². The quantitative estimate of drug-likeness (QED) is 0.679. The fourth-order valence-electron chi connectivity index (χ4n) is 1.97. The second kappa shape index (κ2) is 4.07. The van der Waals surface area contributed by atoms with Gasteiger partial charge in [-0.3, -0.25) is 0 Å². The summed E-state index contributed by atoms with van der Waals surface area (Å²) < 4.78 is 5.26. The van der Waals surface area contributed by atoms with Crippen molar-refractivity contribution in [1.82, 2.24) is 0 Å². The first-order valence-corrected chi connectivity index (χ1v) is 4.61. The second-order valence-corrected chi connectivity index (χ2v) is 3.56. The van der Waals surface area contributed by atoms with Crippen LogP contribution in [0.25, 0.3) is 0 Å². The van der Waals surface area contributed by atoms with Gasteiger partial charge in [0, 0.05) is 0 Å². The van der Waals surface area contributed by atoms with E-state index < -0.39 is 11.6 Å². The standard InChI is InChI=1S/C9H16O4/c1-7-3-2-4-9(7,8(11)12)13-6-5-10/h7,10H,2-6H2,1H3,(H,11,12). The number of carbonyl (C=O) groups is 1. The van der Waals surface area contributed by atoms with Crippen molar-refractivity contribution in [2.45, 2.75) is 31.8 Å². The van der Waals surface area contributed by atoms with Gasteiger partial charge in [-0.25, -0.2) is 4.79 Å². The fourth-order valence-corrected chi connectivity index (χ4v) is 1.97. The first-order valence-electron chi connectivity index (χ1n) is 4.61. The van der Waals surface area contributed by atoms with Crippen molar-refractivity contribution in [1.29, 1.82) is 0 Å². The Kier molecular flexibility index (Phi) is 3.27. The van der Waals surface area contributed by atoms with Crippen LogP contribution in [0.4, 0.5) is 0 Å². The highest BCUT2D eigenvalue weighted by Crippen LogP contribution is 2.38. The molecule has 0 bridgehead atoms. The van der Waals surface area contributed by atoms with Crippen molar-refractivity contribution in [3.05, 3.63) is 0 Å². The van der Waals surface area contributed by atoms with Gasteiger partial charge in [-0.2, -0.15) is 0 Å². The van der Waals surface area contributed by atoms with Gasteiger partial charge in [-0.05, 0) is 25.2 Å². The van der Waals surface area contributed by atoms with E-state index in [1.54, 1.807) is 0 Å². The van der Waals surface area contributed by atoms with E-state index in [2.05, 4.69) is 0 Å². The minimum absolute atomic E-state index is 0.0385. The maximum atomic E-state index is 11.0. The van der Waals surface area contributed by atoms with E-state index in [4.69, 9.17) is 14.9 Å². The van der Waals surface area contributed by atoms with Crippen molar-refractivity contribution in [3.63, 3.8) is 0 Å². The van der Waals surface area contributed by atoms with Crippen LogP contribution in [-0.4, -0.2) is 35.0 Å². The molecule has 2 atom stereocenters. The van der Waals surface area contributed by atoms with Gasteiger partial charge < -0.3 is 14.9 Å². The van der Waals surface area contributed by atoms with Crippen LogP contribution in [0, 0.1) is 5.92 Å². The molecule has 1 aliphatic rings. The van der Waals surface area contributed by atoms with Crippen molar-refractivity contribution >= 4 is 5.97 Å². The molecule has 1 aliphatic carbocycles. The highest BCUT2D eigenvalue weighted by Gasteiger charge is 2.48. The SMILES string of the molecule is CC1CCCC1(OCCO)C(=O)O. The molecule has 0 spiro atoms. The molecule has 4 heteroatoms. The molecule has 1 saturated carbocycles. The van der Waals surface area contributed by atoms with Crippen molar-refractivity contribution in [2.24, 2.45) is 5.92 Å². The lowest BCUT2D eigenvalue weighted by Gasteiger charge is -2.28. The zero-order chi connectivity index (χ0) is 9.90. The molecule has 1 fully saturated rings. The molecule has 0 heterocycles. The molecular weight excluding hydrogens is 172 g/mol. The Morgan fingerprint density at radius 3 is 2.77 bits per heavy atom. The predicted molar refractivity (Wildman–Crippen MR) is 46.4 cm³/mol. The molecule has 0 aromatic carbocycles. The smallest absolute Gasteiger partial charge is 0.336 e. The zero-order valence-electron chi connectivity index (χ0n) is 7.82. The molecule has 0 aromatic heterocycles. The van der Waals surface area contributed by atoms with Crippen molar-refractivity contribution in [2.75, 3.05) is 13.2 Å². The summed E-state index contributed by atoms with van der Waals surface area (Å²) in [6, 6.07) is 0.